The number of amides is 1. The van der Waals surface area contributed by atoms with E-state index in [1.54, 1.807) is 0 Å². The lowest BCUT2D eigenvalue weighted by Gasteiger charge is -2.56. The minimum atomic E-state index is 0.0418. The summed E-state index contributed by atoms with van der Waals surface area (Å²) in [5, 5.41) is 3.49. The Morgan fingerprint density at radius 1 is 1.00 bits per heavy atom. The van der Waals surface area contributed by atoms with Crippen LogP contribution in [0.1, 0.15) is 54.7 Å². The van der Waals surface area contributed by atoms with Crippen molar-refractivity contribution in [2.45, 2.75) is 51.0 Å². The normalized spacial score (nSPS) is 30.0. The minimum absolute atomic E-state index is 0.0418. The Balaban J connectivity index is 1.31. The predicted molar refractivity (Wildman–Crippen MR) is 114 cm³/mol. The summed E-state index contributed by atoms with van der Waals surface area (Å²) in [6.07, 6.45) is 7.68. The second-order valence-electron chi connectivity index (χ2n) is 9.69. The number of aryl methyl sites for hydroxylation is 1. The molecule has 4 nitrogen and oxygen atoms in total. The van der Waals surface area contributed by atoms with Gasteiger partial charge in [0.25, 0.3) is 5.91 Å². The van der Waals surface area contributed by atoms with Gasteiger partial charge in [-0.3, -0.25) is 9.36 Å². The molecule has 4 fully saturated rings. The highest BCUT2D eigenvalue weighted by atomic mass is 16.1. The average Bonchev–Trinajstić information content (AvgIpc) is 3.02. The van der Waals surface area contributed by atoms with E-state index in [0.717, 1.165) is 45.9 Å². The van der Waals surface area contributed by atoms with Gasteiger partial charge < -0.3 is 5.32 Å². The number of nitrogens with zero attached hydrogens (tertiary/aromatic N) is 2. The van der Waals surface area contributed by atoms with Gasteiger partial charge in [0, 0.05) is 16.8 Å². The molecule has 3 aromatic rings. The zero-order valence-corrected chi connectivity index (χ0v) is 16.9. The number of para-hydroxylation sites is 1. The lowest BCUT2D eigenvalue weighted by Crippen LogP contribution is -2.59. The van der Waals surface area contributed by atoms with E-state index in [4.69, 9.17) is 4.98 Å². The highest BCUT2D eigenvalue weighted by molar-refractivity contribution is 5.98. The molecule has 1 N–H and O–H groups in total. The molecule has 1 aromatic heterocycles. The Kier molecular flexibility index (Phi) is 3.68. The molecule has 0 saturated heterocycles. The summed E-state index contributed by atoms with van der Waals surface area (Å²) in [5.74, 6) is 3.49. The van der Waals surface area contributed by atoms with Crippen molar-refractivity contribution in [2.24, 2.45) is 17.8 Å². The van der Waals surface area contributed by atoms with Gasteiger partial charge in [-0.1, -0.05) is 18.2 Å². The van der Waals surface area contributed by atoms with Crippen LogP contribution in [0.15, 0.2) is 48.5 Å². The molecule has 4 saturated carbocycles. The van der Waals surface area contributed by atoms with Crippen molar-refractivity contribution < 1.29 is 4.79 Å². The van der Waals surface area contributed by atoms with Crippen LogP contribution in [-0.4, -0.2) is 21.0 Å². The van der Waals surface area contributed by atoms with Gasteiger partial charge >= 0.3 is 0 Å². The summed E-state index contributed by atoms with van der Waals surface area (Å²) in [4.78, 5) is 17.9. The molecule has 148 valence electrons. The van der Waals surface area contributed by atoms with Crippen molar-refractivity contribution in [3.63, 3.8) is 0 Å². The lowest BCUT2D eigenvalue weighted by molar-refractivity contribution is -0.0167. The van der Waals surface area contributed by atoms with Gasteiger partial charge in [-0.15, -0.1) is 0 Å². The number of imidazole rings is 1. The van der Waals surface area contributed by atoms with Crippen LogP contribution in [0.2, 0.25) is 0 Å². The average molecular weight is 386 g/mol. The van der Waals surface area contributed by atoms with Crippen LogP contribution >= 0.6 is 0 Å². The van der Waals surface area contributed by atoms with Gasteiger partial charge in [0.2, 0.25) is 0 Å². The van der Waals surface area contributed by atoms with Crippen LogP contribution in [-0.2, 0) is 0 Å². The fourth-order valence-corrected chi connectivity index (χ4v) is 6.82. The van der Waals surface area contributed by atoms with Crippen molar-refractivity contribution in [3.05, 3.63) is 59.9 Å². The van der Waals surface area contributed by atoms with E-state index >= 15 is 0 Å². The number of aromatic nitrogens is 2. The third kappa shape index (κ3) is 2.80. The molecule has 4 bridgehead atoms. The SMILES string of the molecule is Cc1nc2cc(C(=O)NC34CC5CC(CC(C5)C3)C4)ccc2n1-c1ccccc1. The summed E-state index contributed by atoms with van der Waals surface area (Å²) in [5.41, 5.74) is 3.79. The number of hydrogen-bond donors (Lipinski definition) is 1. The first kappa shape index (κ1) is 17.3. The molecule has 0 unspecified atom stereocenters. The van der Waals surface area contributed by atoms with E-state index in [9.17, 15) is 4.79 Å². The van der Waals surface area contributed by atoms with Crippen LogP contribution in [0.3, 0.4) is 0 Å². The van der Waals surface area contributed by atoms with Crippen LogP contribution in [0.5, 0.6) is 0 Å². The molecule has 4 aliphatic carbocycles. The Labute approximate surface area is 171 Å². The Morgan fingerprint density at radius 2 is 1.66 bits per heavy atom. The third-order valence-electron chi connectivity index (χ3n) is 7.52. The summed E-state index contributed by atoms with van der Waals surface area (Å²) in [6.45, 7) is 2.02. The molecule has 7 rings (SSSR count). The van der Waals surface area contributed by atoms with Crippen LogP contribution in [0.25, 0.3) is 16.7 Å². The summed E-state index contributed by atoms with van der Waals surface area (Å²) in [7, 11) is 0. The molecule has 1 amide bonds. The van der Waals surface area contributed by atoms with E-state index in [2.05, 4.69) is 22.0 Å². The van der Waals surface area contributed by atoms with Crippen molar-refractivity contribution in [1.82, 2.24) is 14.9 Å². The standard InChI is InChI=1S/C25H27N3O/c1-16-26-22-12-20(7-8-23(22)28(16)21-5-3-2-4-6-21)24(29)27-25-13-17-9-18(14-25)11-19(10-17)15-25/h2-8,12,17-19H,9-11,13-15H2,1H3,(H,27,29). The molecular weight excluding hydrogens is 358 g/mol. The van der Waals surface area contributed by atoms with Crippen LogP contribution in [0.4, 0.5) is 0 Å². The molecule has 0 aliphatic heterocycles. The van der Waals surface area contributed by atoms with E-state index in [0.29, 0.717) is 0 Å². The Hall–Kier alpha value is -2.62. The molecule has 2 aromatic carbocycles. The molecule has 4 heteroatoms. The van der Waals surface area contributed by atoms with E-state index < -0.39 is 0 Å². The minimum Gasteiger partial charge on any atom is -0.347 e. The quantitative estimate of drug-likeness (QED) is 0.687. The van der Waals surface area contributed by atoms with Gasteiger partial charge in [0.05, 0.1) is 11.0 Å². The zero-order valence-electron chi connectivity index (χ0n) is 16.9. The highest BCUT2D eigenvalue weighted by Gasteiger charge is 2.51. The number of carbonyl (C=O) groups is 1. The summed E-state index contributed by atoms with van der Waals surface area (Å²) in [6, 6.07) is 16.2. The van der Waals surface area contributed by atoms with Crippen molar-refractivity contribution in [3.8, 4) is 5.69 Å². The molecule has 29 heavy (non-hydrogen) atoms. The third-order valence-corrected chi connectivity index (χ3v) is 7.52. The maximum Gasteiger partial charge on any atom is 0.251 e. The first-order valence-electron chi connectivity index (χ1n) is 11.0. The van der Waals surface area contributed by atoms with Gasteiger partial charge in [0.15, 0.2) is 0 Å². The Bertz CT molecular complexity index is 1060. The Morgan fingerprint density at radius 3 is 2.31 bits per heavy atom. The fraction of sp³-hybridized carbons (Fsp3) is 0.440. The van der Waals surface area contributed by atoms with Crippen LogP contribution < -0.4 is 5.32 Å². The van der Waals surface area contributed by atoms with Crippen LogP contribution in [0, 0.1) is 24.7 Å². The number of rotatable bonds is 3. The molecule has 0 radical (unpaired) electrons. The number of carbonyl (C=O) groups excluding carboxylic acids is 1. The second kappa shape index (κ2) is 6.19. The van der Waals surface area contributed by atoms with Crippen molar-refractivity contribution in [1.29, 1.82) is 0 Å². The largest absolute Gasteiger partial charge is 0.347 e. The van der Waals surface area contributed by atoms with E-state index in [1.165, 1.54) is 38.5 Å². The second-order valence-corrected chi connectivity index (χ2v) is 9.69. The predicted octanol–water partition coefficient (Wildman–Crippen LogP) is 5.03. The number of hydrogen-bond acceptors (Lipinski definition) is 2. The lowest BCUT2D eigenvalue weighted by atomic mass is 9.53. The molecule has 4 aliphatic rings. The maximum atomic E-state index is 13.2. The van der Waals surface area contributed by atoms with Gasteiger partial charge in [-0.2, -0.15) is 0 Å². The monoisotopic (exact) mass is 385 g/mol. The topological polar surface area (TPSA) is 46.9 Å². The smallest absolute Gasteiger partial charge is 0.251 e. The first-order valence-corrected chi connectivity index (χ1v) is 11.0. The first-order chi connectivity index (χ1) is 14.1. The number of nitrogens with one attached hydrogen (secondary N) is 1. The zero-order chi connectivity index (χ0) is 19.6. The summed E-state index contributed by atoms with van der Waals surface area (Å²) >= 11 is 0. The highest BCUT2D eigenvalue weighted by Crippen LogP contribution is 2.55. The van der Waals surface area contributed by atoms with Crippen molar-refractivity contribution in [2.75, 3.05) is 0 Å². The fourth-order valence-electron chi connectivity index (χ4n) is 6.82. The molecule has 0 spiro atoms. The number of benzene rings is 2. The van der Waals surface area contributed by atoms with Gasteiger partial charge in [0.1, 0.15) is 5.82 Å². The number of fused-ring (bicyclic) bond motifs is 1. The van der Waals surface area contributed by atoms with E-state index in [1.807, 2.05) is 43.3 Å². The maximum absolute atomic E-state index is 13.2. The molecule has 0 atom stereocenters. The summed E-state index contributed by atoms with van der Waals surface area (Å²) < 4.78 is 2.15. The van der Waals surface area contributed by atoms with Gasteiger partial charge in [-0.05, 0) is 93.5 Å². The van der Waals surface area contributed by atoms with Crippen molar-refractivity contribution >= 4 is 16.9 Å². The molecule has 1 heterocycles. The van der Waals surface area contributed by atoms with E-state index in [-0.39, 0.29) is 11.4 Å². The molecular formula is C25H27N3O. The van der Waals surface area contributed by atoms with Gasteiger partial charge in [-0.25, -0.2) is 4.98 Å².